The Bertz CT molecular complexity index is 575. The van der Waals surface area contributed by atoms with Crippen molar-refractivity contribution in [3.63, 3.8) is 0 Å². The van der Waals surface area contributed by atoms with Gasteiger partial charge in [-0.3, -0.25) is 0 Å². The SMILES string of the molecule is C.Cc1ccc(C(C)(C)C)cc1.Cc1cccc(C(C)(C)C)c1. The van der Waals surface area contributed by atoms with E-state index in [0.717, 1.165) is 0 Å². The van der Waals surface area contributed by atoms with Gasteiger partial charge in [0.2, 0.25) is 0 Å². The highest BCUT2D eigenvalue weighted by molar-refractivity contribution is 5.27. The van der Waals surface area contributed by atoms with Gasteiger partial charge >= 0.3 is 0 Å². The maximum atomic E-state index is 2.25. The molecule has 0 aliphatic heterocycles. The fourth-order valence-corrected chi connectivity index (χ4v) is 2.17. The van der Waals surface area contributed by atoms with E-state index in [1.165, 1.54) is 22.3 Å². The molecule has 0 amide bonds. The third-order valence-electron chi connectivity index (χ3n) is 3.80. The standard InChI is InChI=1S/2C11H16.CH4/c1-9-5-7-10(8-6-9)11(2,3)4;1-9-6-5-7-10(8-9)11(2,3)4;/h2*5-8H,1-4H3;1H4. The normalized spacial score (nSPS) is 11.1. The number of hydrogen-bond acceptors (Lipinski definition) is 0. The zero-order valence-corrected chi connectivity index (χ0v) is 15.6. The third-order valence-corrected chi connectivity index (χ3v) is 3.80. The Morgan fingerprint density at radius 3 is 1.39 bits per heavy atom. The minimum absolute atomic E-state index is 0. The van der Waals surface area contributed by atoms with Crippen molar-refractivity contribution in [1.82, 2.24) is 0 Å². The molecule has 128 valence electrons. The Hall–Kier alpha value is -1.56. The van der Waals surface area contributed by atoms with Gasteiger partial charge in [0.1, 0.15) is 0 Å². The predicted octanol–water partition coefficient (Wildman–Crippen LogP) is 7.22. The van der Waals surface area contributed by atoms with E-state index in [0.29, 0.717) is 0 Å². The molecule has 0 radical (unpaired) electrons. The summed E-state index contributed by atoms with van der Waals surface area (Å²) in [5, 5.41) is 0. The van der Waals surface area contributed by atoms with Crippen LogP contribution in [0.3, 0.4) is 0 Å². The summed E-state index contributed by atoms with van der Waals surface area (Å²) in [5.41, 5.74) is 6.07. The van der Waals surface area contributed by atoms with Gasteiger partial charge in [0.15, 0.2) is 0 Å². The van der Waals surface area contributed by atoms with Crippen LogP contribution in [0.4, 0.5) is 0 Å². The van der Waals surface area contributed by atoms with Crippen LogP contribution in [0.25, 0.3) is 0 Å². The highest BCUT2D eigenvalue weighted by Crippen LogP contribution is 2.22. The molecule has 0 saturated carbocycles. The minimum atomic E-state index is 0. The molecule has 0 aromatic heterocycles. The van der Waals surface area contributed by atoms with Gasteiger partial charge < -0.3 is 0 Å². The van der Waals surface area contributed by atoms with Crippen molar-refractivity contribution in [3.05, 3.63) is 70.8 Å². The summed E-state index contributed by atoms with van der Waals surface area (Å²) in [4.78, 5) is 0. The van der Waals surface area contributed by atoms with Crippen molar-refractivity contribution in [3.8, 4) is 0 Å². The summed E-state index contributed by atoms with van der Waals surface area (Å²) in [6, 6.07) is 17.4. The first-order valence-electron chi connectivity index (χ1n) is 8.14. The van der Waals surface area contributed by atoms with Gasteiger partial charge in [0, 0.05) is 0 Å². The molecule has 0 heteroatoms. The molecular formula is C23H36. The maximum absolute atomic E-state index is 2.25. The highest BCUT2D eigenvalue weighted by Gasteiger charge is 2.12. The number of rotatable bonds is 0. The van der Waals surface area contributed by atoms with Gasteiger partial charge in [-0.15, -0.1) is 0 Å². The largest absolute Gasteiger partial charge is 0.0776 e. The average Bonchev–Trinajstić information content (AvgIpc) is 2.38. The van der Waals surface area contributed by atoms with Crippen LogP contribution in [-0.4, -0.2) is 0 Å². The summed E-state index contributed by atoms with van der Waals surface area (Å²) < 4.78 is 0. The molecule has 2 rings (SSSR count). The molecule has 0 fully saturated rings. The number of benzene rings is 2. The lowest BCUT2D eigenvalue weighted by Gasteiger charge is -2.19. The molecule has 0 nitrogen and oxygen atoms in total. The van der Waals surface area contributed by atoms with Crippen LogP contribution in [0.15, 0.2) is 48.5 Å². The molecule has 0 aliphatic carbocycles. The van der Waals surface area contributed by atoms with Gasteiger partial charge in [-0.2, -0.15) is 0 Å². The molecule has 0 saturated heterocycles. The van der Waals surface area contributed by atoms with E-state index in [1.807, 2.05) is 0 Å². The second-order valence-corrected chi connectivity index (χ2v) is 8.24. The van der Waals surface area contributed by atoms with Gasteiger partial charge in [-0.25, -0.2) is 0 Å². The molecule has 0 unspecified atom stereocenters. The average molecular weight is 313 g/mol. The Morgan fingerprint density at radius 1 is 0.565 bits per heavy atom. The van der Waals surface area contributed by atoms with Crippen LogP contribution in [0.1, 0.15) is 71.2 Å². The lowest BCUT2D eigenvalue weighted by Crippen LogP contribution is -2.10. The van der Waals surface area contributed by atoms with E-state index in [1.54, 1.807) is 0 Å². The van der Waals surface area contributed by atoms with Crippen LogP contribution >= 0.6 is 0 Å². The van der Waals surface area contributed by atoms with Crippen molar-refractivity contribution in [2.45, 2.75) is 73.6 Å². The van der Waals surface area contributed by atoms with Gasteiger partial charge in [0.05, 0.1) is 0 Å². The van der Waals surface area contributed by atoms with Crippen LogP contribution in [-0.2, 0) is 10.8 Å². The lowest BCUT2D eigenvalue weighted by atomic mass is 9.86. The van der Waals surface area contributed by atoms with Crippen LogP contribution in [0.5, 0.6) is 0 Å². The van der Waals surface area contributed by atoms with Crippen molar-refractivity contribution in [2.24, 2.45) is 0 Å². The Balaban J connectivity index is 0.000000403. The van der Waals surface area contributed by atoms with Crippen LogP contribution < -0.4 is 0 Å². The summed E-state index contributed by atoms with van der Waals surface area (Å²) in [6.45, 7) is 17.7. The van der Waals surface area contributed by atoms with E-state index in [9.17, 15) is 0 Å². The molecule has 0 spiro atoms. The summed E-state index contributed by atoms with van der Waals surface area (Å²) in [6.07, 6.45) is 0. The molecule has 0 bridgehead atoms. The quantitative estimate of drug-likeness (QED) is 0.481. The van der Waals surface area contributed by atoms with E-state index in [-0.39, 0.29) is 18.3 Å². The van der Waals surface area contributed by atoms with Crippen molar-refractivity contribution in [1.29, 1.82) is 0 Å². The van der Waals surface area contributed by atoms with Gasteiger partial charge in [-0.1, -0.05) is 109 Å². The molecule has 0 aliphatic rings. The summed E-state index contributed by atoms with van der Waals surface area (Å²) in [7, 11) is 0. The molecule has 0 heterocycles. The summed E-state index contributed by atoms with van der Waals surface area (Å²) in [5.74, 6) is 0. The monoisotopic (exact) mass is 312 g/mol. The second kappa shape index (κ2) is 8.34. The third kappa shape index (κ3) is 7.50. The Labute approximate surface area is 145 Å². The minimum Gasteiger partial charge on any atom is -0.0776 e. The van der Waals surface area contributed by atoms with Crippen molar-refractivity contribution < 1.29 is 0 Å². The molecule has 0 atom stereocenters. The highest BCUT2D eigenvalue weighted by atomic mass is 14.2. The van der Waals surface area contributed by atoms with E-state index >= 15 is 0 Å². The summed E-state index contributed by atoms with van der Waals surface area (Å²) >= 11 is 0. The van der Waals surface area contributed by atoms with E-state index in [2.05, 4.69) is 104 Å². The smallest absolute Gasteiger partial charge is 0.0132 e. The predicted molar refractivity (Wildman–Crippen MR) is 106 cm³/mol. The molecule has 2 aromatic rings. The lowest BCUT2D eigenvalue weighted by molar-refractivity contribution is 0.589. The molecule has 23 heavy (non-hydrogen) atoms. The van der Waals surface area contributed by atoms with Crippen molar-refractivity contribution >= 4 is 0 Å². The number of aryl methyl sites for hydroxylation is 2. The number of hydrogen-bond donors (Lipinski definition) is 0. The zero-order valence-electron chi connectivity index (χ0n) is 15.6. The molecular weight excluding hydrogens is 276 g/mol. The van der Waals surface area contributed by atoms with Crippen LogP contribution in [0.2, 0.25) is 0 Å². The van der Waals surface area contributed by atoms with Gasteiger partial charge in [-0.05, 0) is 35.8 Å². The zero-order chi connectivity index (χ0) is 17.0. The van der Waals surface area contributed by atoms with Crippen LogP contribution in [0, 0.1) is 13.8 Å². The molecule has 2 aromatic carbocycles. The first kappa shape index (κ1) is 21.4. The maximum Gasteiger partial charge on any atom is -0.0132 e. The Kier molecular flexibility index (Phi) is 7.77. The topological polar surface area (TPSA) is 0 Å². The van der Waals surface area contributed by atoms with Crippen molar-refractivity contribution in [2.75, 3.05) is 0 Å². The van der Waals surface area contributed by atoms with E-state index in [4.69, 9.17) is 0 Å². The van der Waals surface area contributed by atoms with Gasteiger partial charge in [0.25, 0.3) is 0 Å². The first-order valence-corrected chi connectivity index (χ1v) is 8.14. The molecule has 0 N–H and O–H groups in total. The Morgan fingerprint density at radius 2 is 1.04 bits per heavy atom. The fourth-order valence-electron chi connectivity index (χ4n) is 2.17. The fraction of sp³-hybridized carbons (Fsp3) is 0.478. The van der Waals surface area contributed by atoms with E-state index < -0.39 is 0 Å². The second-order valence-electron chi connectivity index (χ2n) is 8.24. The first-order chi connectivity index (χ1) is 10.00.